The molecule has 2 rings (SSSR count). The lowest BCUT2D eigenvalue weighted by Crippen LogP contribution is -2.23. The van der Waals surface area contributed by atoms with Gasteiger partial charge in [0, 0.05) is 12.6 Å². The maximum Gasteiger partial charge on any atom is 0.387 e. The number of hydrogen-bond donors (Lipinski definition) is 1. The number of benzene rings is 2. The van der Waals surface area contributed by atoms with E-state index in [0.29, 0.717) is 17.5 Å². The lowest BCUT2D eigenvalue weighted by atomic mass is 10.1. The molecule has 0 aliphatic carbocycles. The quantitative estimate of drug-likeness (QED) is 0.665. The van der Waals surface area contributed by atoms with Crippen LogP contribution < -0.4 is 14.8 Å². The van der Waals surface area contributed by atoms with Gasteiger partial charge in [0.25, 0.3) is 0 Å². The average molecular weight is 379 g/mol. The largest absolute Gasteiger partial charge is 0.490 e. The van der Waals surface area contributed by atoms with Gasteiger partial charge >= 0.3 is 6.61 Å². The van der Waals surface area contributed by atoms with E-state index in [9.17, 15) is 18.0 Å². The summed E-state index contributed by atoms with van der Waals surface area (Å²) in [5.41, 5.74) is 1.11. The highest BCUT2D eigenvalue weighted by molar-refractivity contribution is 5.91. The molecule has 0 spiro atoms. The molecule has 2 aromatic carbocycles. The Hall–Kier alpha value is -2.96. The summed E-state index contributed by atoms with van der Waals surface area (Å²) in [6.45, 7) is -0.665. The highest BCUT2D eigenvalue weighted by Gasteiger charge is 2.11. The number of carbonyl (C=O) groups excluding carboxylic acids is 1. The van der Waals surface area contributed by atoms with Crippen LogP contribution in [0, 0.1) is 5.82 Å². The minimum absolute atomic E-state index is 0.0710. The van der Waals surface area contributed by atoms with E-state index in [1.165, 1.54) is 36.4 Å². The molecule has 0 aliphatic rings. The second-order valence-electron chi connectivity index (χ2n) is 5.48. The minimum atomic E-state index is -2.95. The van der Waals surface area contributed by atoms with Crippen LogP contribution in [0.15, 0.2) is 48.5 Å². The van der Waals surface area contributed by atoms with Crippen molar-refractivity contribution in [1.82, 2.24) is 5.32 Å². The van der Waals surface area contributed by atoms with Crippen LogP contribution in [-0.2, 0) is 11.2 Å². The Kier molecular flexibility index (Phi) is 7.73. The third-order valence-electron chi connectivity index (χ3n) is 3.56. The lowest BCUT2D eigenvalue weighted by molar-refractivity contribution is -0.116. The molecule has 144 valence electrons. The maximum atomic E-state index is 13.5. The monoisotopic (exact) mass is 379 g/mol. The molecule has 0 radical (unpaired) electrons. The van der Waals surface area contributed by atoms with Crippen molar-refractivity contribution in [2.75, 3.05) is 13.2 Å². The molecule has 0 aliphatic heterocycles. The van der Waals surface area contributed by atoms with Gasteiger partial charge in [-0.25, -0.2) is 4.39 Å². The molecule has 4 nitrogen and oxygen atoms in total. The van der Waals surface area contributed by atoms with Crippen LogP contribution in [0.1, 0.15) is 18.1 Å². The maximum absolute atomic E-state index is 13.5. The molecule has 1 N–H and O–H groups in total. The van der Waals surface area contributed by atoms with Gasteiger partial charge in [0.05, 0.1) is 6.61 Å². The zero-order chi connectivity index (χ0) is 19.6. The second kappa shape index (κ2) is 10.3. The van der Waals surface area contributed by atoms with Gasteiger partial charge in [-0.15, -0.1) is 0 Å². The summed E-state index contributed by atoms with van der Waals surface area (Å²) < 4.78 is 48.0. The van der Waals surface area contributed by atoms with Gasteiger partial charge in [0.15, 0.2) is 11.5 Å². The molecule has 0 bridgehead atoms. The Balaban J connectivity index is 1.92. The highest BCUT2D eigenvalue weighted by Crippen LogP contribution is 2.30. The molecule has 0 atom stereocenters. The molecule has 27 heavy (non-hydrogen) atoms. The summed E-state index contributed by atoms with van der Waals surface area (Å²) in [4.78, 5) is 11.9. The SMILES string of the molecule is CCOc1cc(/C=C/C(=O)NCCc2ccccc2F)ccc1OC(F)F. The van der Waals surface area contributed by atoms with Crippen molar-refractivity contribution >= 4 is 12.0 Å². The first-order valence-corrected chi connectivity index (χ1v) is 8.40. The molecule has 1 amide bonds. The van der Waals surface area contributed by atoms with E-state index < -0.39 is 6.61 Å². The molecule has 2 aromatic rings. The van der Waals surface area contributed by atoms with Crippen LogP contribution in [0.4, 0.5) is 13.2 Å². The summed E-state index contributed by atoms with van der Waals surface area (Å²) in [7, 11) is 0. The van der Waals surface area contributed by atoms with Crippen molar-refractivity contribution in [3.63, 3.8) is 0 Å². The van der Waals surface area contributed by atoms with Gasteiger partial charge in [-0.3, -0.25) is 4.79 Å². The number of carbonyl (C=O) groups is 1. The third-order valence-corrected chi connectivity index (χ3v) is 3.56. The molecule has 0 fully saturated rings. The van der Waals surface area contributed by atoms with E-state index in [2.05, 4.69) is 10.1 Å². The van der Waals surface area contributed by atoms with E-state index >= 15 is 0 Å². The normalized spacial score (nSPS) is 11.0. The fraction of sp³-hybridized carbons (Fsp3) is 0.250. The smallest absolute Gasteiger partial charge is 0.387 e. The first-order chi connectivity index (χ1) is 13.0. The third kappa shape index (κ3) is 6.69. The molecule has 0 heterocycles. The summed E-state index contributed by atoms with van der Waals surface area (Å²) >= 11 is 0. The summed E-state index contributed by atoms with van der Waals surface area (Å²) in [5, 5.41) is 2.66. The first-order valence-electron chi connectivity index (χ1n) is 8.40. The Morgan fingerprint density at radius 3 is 2.67 bits per heavy atom. The van der Waals surface area contributed by atoms with Crippen molar-refractivity contribution in [3.05, 3.63) is 65.5 Å². The zero-order valence-electron chi connectivity index (χ0n) is 14.8. The lowest BCUT2D eigenvalue weighted by Gasteiger charge is -2.11. The van der Waals surface area contributed by atoms with Crippen molar-refractivity contribution in [2.24, 2.45) is 0 Å². The van der Waals surface area contributed by atoms with Gasteiger partial charge in [0.2, 0.25) is 5.91 Å². The molecule has 0 saturated heterocycles. The highest BCUT2D eigenvalue weighted by atomic mass is 19.3. The average Bonchev–Trinajstić information content (AvgIpc) is 2.63. The summed E-state index contributed by atoms with van der Waals surface area (Å²) in [5.74, 6) is -0.563. The Bertz CT molecular complexity index is 794. The second-order valence-corrected chi connectivity index (χ2v) is 5.48. The number of alkyl halides is 2. The van der Waals surface area contributed by atoms with Gasteiger partial charge in [-0.1, -0.05) is 24.3 Å². The standard InChI is InChI=1S/C20H20F3NO3/c1-2-26-18-13-14(7-9-17(18)27-20(22)23)8-10-19(25)24-12-11-15-5-3-4-6-16(15)21/h3-10,13,20H,2,11-12H2,1H3,(H,24,25)/b10-8+. The zero-order valence-corrected chi connectivity index (χ0v) is 14.8. The molecule has 0 aromatic heterocycles. The molecule has 7 heteroatoms. The molecular weight excluding hydrogens is 359 g/mol. The Morgan fingerprint density at radius 2 is 1.96 bits per heavy atom. The van der Waals surface area contributed by atoms with E-state index in [0.717, 1.165) is 0 Å². The van der Waals surface area contributed by atoms with Crippen LogP contribution in [0.25, 0.3) is 6.08 Å². The van der Waals surface area contributed by atoms with E-state index in [-0.39, 0.29) is 36.4 Å². The molecular formula is C20H20F3NO3. The summed E-state index contributed by atoms with van der Waals surface area (Å²) in [6, 6.07) is 10.8. The van der Waals surface area contributed by atoms with E-state index in [1.54, 1.807) is 25.1 Å². The Morgan fingerprint density at radius 1 is 1.19 bits per heavy atom. The number of amides is 1. The van der Waals surface area contributed by atoms with Crippen molar-refractivity contribution in [1.29, 1.82) is 0 Å². The van der Waals surface area contributed by atoms with Crippen LogP contribution >= 0.6 is 0 Å². The first kappa shape index (κ1) is 20.4. The van der Waals surface area contributed by atoms with Gasteiger partial charge in [-0.05, 0) is 48.7 Å². The van der Waals surface area contributed by atoms with Crippen LogP contribution in [0.5, 0.6) is 11.5 Å². The van der Waals surface area contributed by atoms with E-state index in [1.807, 2.05) is 0 Å². The number of ether oxygens (including phenoxy) is 2. The summed E-state index contributed by atoms with van der Waals surface area (Å²) in [6.07, 6.45) is 3.20. The van der Waals surface area contributed by atoms with Crippen LogP contribution in [-0.4, -0.2) is 25.7 Å². The van der Waals surface area contributed by atoms with Crippen LogP contribution in [0.3, 0.4) is 0 Å². The van der Waals surface area contributed by atoms with E-state index in [4.69, 9.17) is 4.74 Å². The fourth-order valence-electron chi connectivity index (χ4n) is 2.34. The minimum Gasteiger partial charge on any atom is -0.490 e. The predicted molar refractivity (Wildman–Crippen MR) is 96.4 cm³/mol. The molecule has 0 saturated carbocycles. The number of halogens is 3. The number of nitrogens with one attached hydrogen (secondary N) is 1. The van der Waals surface area contributed by atoms with Gasteiger partial charge < -0.3 is 14.8 Å². The van der Waals surface area contributed by atoms with Gasteiger partial charge in [-0.2, -0.15) is 8.78 Å². The predicted octanol–water partition coefficient (Wildman–Crippen LogP) is 4.20. The number of hydrogen-bond acceptors (Lipinski definition) is 3. The van der Waals surface area contributed by atoms with Crippen molar-refractivity contribution < 1.29 is 27.4 Å². The Labute approximate surface area is 155 Å². The van der Waals surface area contributed by atoms with Crippen molar-refractivity contribution in [3.8, 4) is 11.5 Å². The fourth-order valence-corrected chi connectivity index (χ4v) is 2.34. The number of rotatable bonds is 9. The molecule has 0 unspecified atom stereocenters. The topological polar surface area (TPSA) is 47.6 Å². The van der Waals surface area contributed by atoms with Gasteiger partial charge in [0.1, 0.15) is 5.82 Å². The van der Waals surface area contributed by atoms with Crippen molar-refractivity contribution in [2.45, 2.75) is 20.0 Å². The van der Waals surface area contributed by atoms with Crippen LogP contribution in [0.2, 0.25) is 0 Å².